The van der Waals surface area contributed by atoms with E-state index in [0.29, 0.717) is 17.5 Å². The Kier molecular flexibility index (Phi) is 7.48. The van der Waals surface area contributed by atoms with E-state index in [2.05, 4.69) is 10.3 Å². The van der Waals surface area contributed by atoms with Gasteiger partial charge in [0.15, 0.2) is 5.96 Å². The van der Waals surface area contributed by atoms with E-state index in [0.717, 1.165) is 31.4 Å². The van der Waals surface area contributed by atoms with Crippen LogP contribution in [0.1, 0.15) is 25.7 Å². The zero-order chi connectivity index (χ0) is 15.2. The van der Waals surface area contributed by atoms with Crippen molar-refractivity contribution in [1.82, 2.24) is 0 Å². The van der Waals surface area contributed by atoms with Crippen molar-refractivity contribution in [2.75, 3.05) is 11.9 Å². The van der Waals surface area contributed by atoms with Crippen molar-refractivity contribution in [2.45, 2.75) is 25.7 Å². The second kappa shape index (κ2) is 8.86. The third kappa shape index (κ3) is 5.73. The Morgan fingerprint density at radius 3 is 2.32 bits per heavy atom. The van der Waals surface area contributed by atoms with Gasteiger partial charge in [-0.3, -0.25) is 9.79 Å². The maximum absolute atomic E-state index is 12.2. The van der Waals surface area contributed by atoms with Gasteiger partial charge in [-0.25, -0.2) is 0 Å². The second-order valence-corrected chi connectivity index (χ2v) is 5.92. The van der Waals surface area contributed by atoms with Crippen molar-refractivity contribution in [1.29, 1.82) is 0 Å². The number of carbonyl (C=O) groups is 1. The van der Waals surface area contributed by atoms with Gasteiger partial charge >= 0.3 is 0 Å². The number of hydrogen-bond donors (Lipinski definition) is 3. The lowest BCUT2D eigenvalue weighted by Gasteiger charge is -2.26. The summed E-state index contributed by atoms with van der Waals surface area (Å²) >= 11 is 5.82. The number of carbonyl (C=O) groups excluding carboxylic acids is 1. The van der Waals surface area contributed by atoms with Gasteiger partial charge in [0, 0.05) is 23.2 Å². The zero-order valence-electron chi connectivity index (χ0n) is 12.3. The molecule has 1 aliphatic carbocycles. The van der Waals surface area contributed by atoms with Crippen molar-refractivity contribution >= 4 is 41.6 Å². The number of hydrogen-bond acceptors (Lipinski definition) is 2. The van der Waals surface area contributed by atoms with Gasteiger partial charge in [-0.1, -0.05) is 11.6 Å². The summed E-state index contributed by atoms with van der Waals surface area (Å²) in [4.78, 5) is 16.3. The van der Waals surface area contributed by atoms with Gasteiger partial charge in [-0.15, -0.1) is 12.4 Å². The lowest BCUT2D eigenvalue weighted by atomic mass is 9.81. The van der Waals surface area contributed by atoms with Gasteiger partial charge in [-0.05, 0) is 55.9 Å². The molecule has 0 spiro atoms. The molecule has 7 heteroatoms. The van der Waals surface area contributed by atoms with Gasteiger partial charge in [0.05, 0.1) is 0 Å². The number of nitrogens with two attached hydrogens (primary N) is 2. The summed E-state index contributed by atoms with van der Waals surface area (Å²) < 4.78 is 0. The summed E-state index contributed by atoms with van der Waals surface area (Å²) in [5.41, 5.74) is 11.5. The molecule has 0 heterocycles. The van der Waals surface area contributed by atoms with Gasteiger partial charge in [0.25, 0.3) is 0 Å². The maximum atomic E-state index is 12.2. The van der Waals surface area contributed by atoms with Crippen molar-refractivity contribution in [2.24, 2.45) is 28.3 Å². The zero-order valence-corrected chi connectivity index (χ0v) is 13.9. The van der Waals surface area contributed by atoms with Crippen molar-refractivity contribution in [3.05, 3.63) is 29.3 Å². The van der Waals surface area contributed by atoms with E-state index in [1.807, 2.05) is 12.1 Å². The molecule has 0 bridgehead atoms. The summed E-state index contributed by atoms with van der Waals surface area (Å²) in [6, 6.07) is 7.15. The number of aliphatic imine (C=N–C) groups is 1. The number of halogens is 2. The van der Waals surface area contributed by atoms with Crippen molar-refractivity contribution < 1.29 is 4.79 Å². The molecule has 122 valence electrons. The van der Waals surface area contributed by atoms with Crippen LogP contribution in [0.2, 0.25) is 5.02 Å². The smallest absolute Gasteiger partial charge is 0.227 e. The van der Waals surface area contributed by atoms with Crippen molar-refractivity contribution in [3.8, 4) is 0 Å². The number of rotatable bonds is 4. The molecule has 1 fully saturated rings. The molecule has 2 rings (SSSR count). The van der Waals surface area contributed by atoms with E-state index in [-0.39, 0.29) is 30.2 Å². The summed E-state index contributed by atoms with van der Waals surface area (Å²) in [5, 5.41) is 3.60. The van der Waals surface area contributed by atoms with Crippen LogP contribution >= 0.6 is 24.0 Å². The highest BCUT2D eigenvalue weighted by Gasteiger charge is 2.26. The van der Waals surface area contributed by atoms with E-state index in [1.54, 1.807) is 12.1 Å². The summed E-state index contributed by atoms with van der Waals surface area (Å²) in [6.45, 7) is 0.661. The molecule has 1 amide bonds. The minimum Gasteiger partial charge on any atom is -0.370 e. The van der Waals surface area contributed by atoms with Gasteiger partial charge in [0.2, 0.25) is 5.91 Å². The van der Waals surface area contributed by atoms with Crippen LogP contribution in [-0.4, -0.2) is 18.4 Å². The molecule has 5 N–H and O–H groups in total. The number of benzene rings is 1. The Labute approximate surface area is 141 Å². The standard InChI is InChI=1S/C15H21ClN4O.ClH/c16-12-5-7-13(8-6-12)20-14(21)11-3-1-10(2-4-11)9-19-15(17)18;/h5-8,10-11H,1-4,9H2,(H,20,21)(H4,17,18,19);1H. The molecule has 0 radical (unpaired) electrons. The fourth-order valence-corrected chi connectivity index (χ4v) is 2.75. The topological polar surface area (TPSA) is 93.5 Å². The van der Waals surface area contributed by atoms with E-state index in [1.165, 1.54) is 0 Å². The molecule has 22 heavy (non-hydrogen) atoms. The Morgan fingerprint density at radius 2 is 1.77 bits per heavy atom. The maximum Gasteiger partial charge on any atom is 0.227 e. The average molecular weight is 345 g/mol. The minimum absolute atomic E-state index is 0. The number of guanidine groups is 1. The molecule has 1 saturated carbocycles. The van der Waals surface area contributed by atoms with Crippen molar-refractivity contribution in [3.63, 3.8) is 0 Å². The minimum atomic E-state index is 0. The Morgan fingerprint density at radius 1 is 1.18 bits per heavy atom. The highest BCUT2D eigenvalue weighted by atomic mass is 35.5. The molecule has 0 aromatic heterocycles. The van der Waals surface area contributed by atoms with E-state index >= 15 is 0 Å². The number of nitrogens with one attached hydrogen (secondary N) is 1. The fourth-order valence-electron chi connectivity index (χ4n) is 2.62. The van der Waals surface area contributed by atoms with Crippen LogP contribution < -0.4 is 16.8 Å². The number of nitrogens with zero attached hydrogens (tertiary/aromatic N) is 1. The number of anilines is 1. The number of amides is 1. The Hall–Kier alpha value is -1.46. The van der Waals surface area contributed by atoms with E-state index in [4.69, 9.17) is 23.1 Å². The summed E-state index contributed by atoms with van der Waals surface area (Å²) in [5.74, 6) is 0.762. The van der Waals surface area contributed by atoms with Gasteiger partial charge in [0.1, 0.15) is 0 Å². The second-order valence-electron chi connectivity index (χ2n) is 5.48. The predicted molar refractivity (Wildman–Crippen MR) is 93.5 cm³/mol. The first kappa shape index (κ1) is 18.6. The fraction of sp³-hybridized carbons (Fsp3) is 0.467. The van der Waals surface area contributed by atoms with Crippen LogP contribution in [0, 0.1) is 11.8 Å². The van der Waals surface area contributed by atoms with Crippen LogP contribution in [0.3, 0.4) is 0 Å². The monoisotopic (exact) mass is 344 g/mol. The van der Waals surface area contributed by atoms with Crippen LogP contribution in [0.4, 0.5) is 5.69 Å². The van der Waals surface area contributed by atoms with Gasteiger partial charge < -0.3 is 16.8 Å². The normalized spacial score (nSPS) is 20.6. The molecule has 0 aliphatic heterocycles. The Bertz CT molecular complexity index is 507. The lowest BCUT2D eigenvalue weighted by molar-refractivity contribution is -0.121. The highest BCUT2D eigenvalue weighted by molar-refractivity contribution is 6.30. The molecule has 1 aromatic rings. The average Bonchev–Trinajstić information content (AvgIpc) is 2.48. The third-order valence-electron chi connectivity index (χ3n) is 3.86. The molecule has 0 saturated heterocycles. The molecule has 0 atom stereocenters. The quantitative estimate of drug-likeness (QED) is 0.579. The lowest BCUT2D eigenvalue weighted by Crippen LogP contribution is -2.29. The first-order valence-electron chi connectivity index (χ1n) is 7.16. The summed E-state index contributed by atoms with van der Waals surface area (Å²) in [6.07, 6.45) is 3.72. The highest BCUT2D eigenvalue weighted by Crippen LogP contribution is 2.30. The van der Waals surface area contributed by atoms with Crippen LogP contribution in [-0.2, 0) is 4.79 Å². The molecular formula is C15H22Cl2N4O. The van der Waals surface area contributed by atoms with E-state index in [9.17, 15) is 4.79 Å². The van der Waals surface area contributed by atoms with Crippen LogP contribution in [0.25, 0.3) is 0 Å². The molecule has 1 aromatic carbocycles. The summed E-state index contributed by atoms with van der Waals surface area (Å²) in [7, 11) is 0. The van der Waals surface area contributed by atoms with E-state index < -0.39 is 0 Å². The largest absolute Gasteiger partial charge is 0.370 e. The molecular weight excluding hydrogens is 323 g/mol. The first-order chi connectivity index (χ1) is 10.0. The molecule has 5 nitrogen and oxygen atoms in total. The SMILES string of the molecule is Cl.NC(N)=NCC1CCC(C(=O)Nc2ccc(Cl)cc2)CC1. The van der Waals surface area contributed by atoms with Crippen LogP contribution in [0.15, 0.2) is 29.3 Å². The first-order valence-corrected chi connectivity index (χ1v) is 7.54. The van der Waals surface area contributed by atoms with Gasteiger partial charge in [-0.2, -0.15) is 0 Å². The molecule has 1 aliphatic rings. The Balaban J connectivity index is 0.00000242. The third-order valence-corrected chi connectivity index (χ3v) is 4.11. The molecule has 0 unspecified atom stereocenters. The predicted octanol–water partition coefficient (Wildman–Crippen LogP) is 2.78. The van der Waals surface area contributed by atoms with Crippen LogP contribution in [0.5, 0.6) is 0 Å².